The molecule has 0 fully saturated rings. The molecule has 0 atom stereocenters. The second-order valence-electron chi connectivity index (χ2n) is 5.55. The van der Waals surface area contributed by atoms with Crippen LogP contribution < -0.4 is 10.6 Å². The number of benzene rings is 1. The Hall–Kier alpha value is -2.44. The predicted octanol–water partition coefficient (Wildman–Crippen LogP) is 1.62. The second-order valence-corrected chi connectivity index (χ2v) is 5.55. The summed E-state index contributed by atoms with van der Waals surface area (Å²) in [6.45, 7) is 2.06. The van der Waals surface area contributed by atoms with Gasteiger partial charge in [-0.2, -0.15) is 0 Å². The maximum atomic E-state index is 13.2. The summed E-state index contributed by atoms with van der Waals surface area (Å²) in [5.74, 6) is 2.41. The molecule has 0 spiro atoms. The van der Waals surface area contributed by atoms with E-state index in [9.17, 15) is 4.39 Å². The Labute approximate surface area is 134 Å². The van der Waals surface area contributed by atoms with Gasteiger partial charge in [0.15, 0.2) is 11.8 Å². The Morgan fingerprint density at radius 3 is 2.96 bits per heavy atom. The van der Waals surface area contributed by atoms with Gasteiger partial charge >= 0.3 is 0 Å². The molecule has 0 amide bonds. The van der Waals surface area contributed by atoms with Crippen LogP contribution in [0.1, 0.15) is 30.1 Å². The number of fused-ring (bicyclic) bond motifs is 1. The molecule has 0 unspecified atom stereocenters. The van der Waals surface area contributed by atoms with Crippen molar-refractivity contribution in [3.8, 4) is 0 Å². The highest BCUT2D eigenvalue weighted by atomic mass is 19.1. The van der Waals surface area contributed by atoms with Gasteiger partial charge < -0.3 is 15.2 Å². The average Bonchev–Trinajstić information content (AvgIpc) is 2.98. The lowest BCUT2D eigenvalue weighted by molar-refractivity contribution is 0.504. The van der Waals surface area contributed by atoms with Crippen molar-refractivity contribution in [2.24, 2.45) is 4.99 Å². The van der Waals surface area contributed by atoms with Gasteiger partial charge in [-0.05, 0) is 30.5 Å². The number of aromatic nitrogens is 3. The van der Waals surface area contributed by atoms with E-state index >= 15 is 0 Å². The number of hydrogen-bond donors (Lipinski definition) is 2. The van der Waals surface area contributed by atoms with Crippen molar-refractivity contribution in [3.05, 3.63) is 47.3 Å². The van der Waals surface area contributed by atoms with Crippen LogP contribution in [0.25, 0.3) is 0 Å². The van der Waals surface area contributed by atoms with Gasteiger partial charge in [0.2, 0.25) is 0 Å². The molecule has 3 rings (SSSR count). The van der Waals surface area contributed by atoms with Gasteiger partial charge in [-0.3, -0.25) is 4.99 Å². The van der Waals surface area contributed by atoms with Gasteiger partial charge in [0, 0.05) is 26.6 Å². The number of nitrogens with zero attached hydrogens (tertiary/aromatic N) is 4. The van der Waals surface area contributed by atoms with Crippen LogP contribution in [0.4, 0.5) is 4.39 Å². The van der Waals surface area contributed by atoms with Crippen LogP contribution in [0, 0.1) is 5.82 Å². The molecule has 1 aromatic carbocycles. The van der Waals surface area contributed by atoms with E-state index in [2.05, 4.69) is 30.4 Å². The van der Waals surface area contributed by atoms with E-state index in [1.54, 1.807) is 13.1 Å². The van der Waals surface area contributed by atoms with E-state index in [1.165, 1.54) is 25.0 Å². The number of nitrogens with one attached hydrogen (secondary N) is 2. The van der Waals surface area contributed by atoms with E-state index in [1.807, 2.05) is 6.07 Å². The lowest BCUT2D eigenvalue weighted by atomic mass is 10.2. The summed E-state index contributed by atoms with van der Waals surface area (Å²) in [6, 6.07) is 6.52. The van der Waals surface area contributed by atoms with Crippen molar-refractivity contribution in [2.45, 2.75) is 38.9 Å². The van der Waals surface area contributed by atoms with Gasteiger partial charge in [0.05, 0.1) is 6.54 Å². The van der Waals surface area contributed by atoms with E-state index in [-0.39, 0.29) is 5.82 Å². The fourth-order valence-electron chi connectivity index (χ4n) is 2.72. The minimum absolute atomic E-state index is 0.234. The maximum Gasteiger partial charge on any atom is 0.191 e. The van der Waals surface area contributed by atoms with E-state index in [0.29, 0.717) is 19.0 Å². The third-order valence-electron chi connectivity index (χ3n) is 3.92. The summed E-state index contributed by atoms with van der Waals surface area (Å²) in [4.78, 5) is 4.18. The third kappa shape index (κ3) is 3.85. The lowest BCUT2D eigenvalue weighted by Gasteiger charge is -2.16. The topological polar surface area (TPSA) is 67.1 Å². The zero-order chi connectivity index (χ0) is 16.1. The molecule has 7 heteroatoms. The Bertz CT molecular complexity index is 694. The van der Waals surface area contributed by atoms with Crippen LogP contribution >= 0.6 is 0 Å². The standard InChI is InChI=1S/C16H21FN6/c1-18-16(19-10-12-5-4-6-13(17)9-12)20-11-15-22-21-14-7-2-3-8-23(14)15/h4-6,9H,2-3,7-8,10-11H2,1H3,(H2,18,19,20). The van der Waals surface area contributed by atoms with Crippen LogP contribution in [0.3, 0.4) is 0 Å². The van der Waals surface area contributed by atoms with Gasteiger partial charge in [-0.15, -0.1) is 10.2 Å². The number of aryl methyl sites for hydroxylation is 1. The molecule has 0 aliphatic carbocycles. The molecule has 2 N–H and O–H groups in total. The fraction of sp³-hybridized carbons (Fsp3) is 0.438. The largest absolute Gasteiger partial charge is 0.352 e. The lowest BCUT2D eigenvalue weighted by Crippen LogP contribution is -2.37. The van der Waals surface area contributed by atoms with Crippen molar-refractivity contribution in [3.63, 3.8) is 0 Å². The van der Waals surface area contributed by atoms with E-state index < -0.39 is 0 Å². The molecule has 2 heterocycles. The molecule has 1 aliphatic rings. The van der Waals surface area contributed by atoms with Crippen LogP contribution in [0.5, 0.6) is 0 Å². The Balaban J connectivity index is 1.55. The first-order chi connectivity index (χ1) is 11.3. The summed E-state index contributed by atoms with van der Waals surface area (Å²) in [5.41, 5.74) is 0.868. The summed E-state index contributed by atoms with van der Waals surface area (Å²) in [7, 11) is 1.71. The monoisotopic (exact) mass is 316 g/mol. The van der Waals surface area contributed by atoms with E-state index in [0.717, 1.165) is 30.2 Å². The highest BCUT2D eigenvalue weighted by molar-refractivity contribution is 5.79. The smallest absolute Gasteiger partial charge is 0.191 e. The third-order valence-corrected chi connectivity index (χ3v) is 3.92. The van der Waals surface area contributed by atoms with Crippen molar-refractivity contribution < 1.29 is 4.39 Å². The number of rotatable bonds is 4. The maximum absolute atomic E-state index is 13.2. The zero-order valence-corrected chi connectivity index (χ0v) is 13.2. The number of halogens is 1. The van der Waals surface area contributed by atoms with Crippen molar-refractivity contribution in [2.75, 3.05) is 7.05 Å². The number of guanidine groups is 1. The molecule has 2 aromatic rings. The average molecular weight is 316 g/mol. The minimum atomic E-state index is -0.234. The van der Waals surface area contributed by atoms with Crippen LogP contribution in [-0.2, 0) is 26.1 Å². The first-order valence-corrected chi connectivity index (χ1v) is 7.86. The molecular formula is C16H21FN6. The quantitative estimate of drug-likeness (QED) is 0.664. The summed E-state index contributed by atoms with van der Waals surface area (Å²) >= 11 is 0. The van der Waals surface area contributed by atoms with Crippen molar-refractivity contribution in [1.82, 2.24) is 25.4 Å². The number of hydrogen-bond acceptors (Lipinski definition) is 3. The molecule has 1 aliphatic heterocycles. The highest BCUT2D eigenvalue weighted by Gasteiger charge is 2.15. The molecular weight excluding hydrogens is 295 g/mol. The highest BCUT2D eigenvalue weighted by Crippen LogP contribution is 2.13. The van der Waals surface area contributed by atoms with Crippen LogP contribution in [0.2, 0.25) is 0 Å². The molecule has 1 aromatic heterocycles. The second kappa shape index (κ2) is 7.21. The Kier molecular flexibility index (Phi) is 4.85. The molecule has 122 valence electrons. The minimum Gasteiger partial charge on any atom is -0.352 e. The molecule has 0 saturated heterocycles. The predicted molar refractivity (Wildman–Crippen MR) is 86.4 cm³/mol. The first kappa shape index (κ1) is 15.5. The Morgan fingerprint density at radius 2 is 2.13 bits per heavy atom. The Morgan fingerprint density at radius 1 is 1.26 bits per heavy atom. The molecule has 0 radical (unpaired) electrons. The molecule has 0 saturated carbocycles. The fourth-order valence-corrected chi connectivity index (χ4v) is 2.72. The summed E-state index contributed by atoms with van der Waals surface area (Å²) in [5, 5.41) is 14.9. The van der Waals surface area contributed by atoms with Gasteiger partial charge in [0.1, 0.15) is 11.6 Å². The normalized spacial score (nSPS) is 14.4. The van der Waals surface area contributed by atoms with Crippen molar-refractivity contribution in [1.29, 1.82) is 0 Å². The summed E-state index contributed by atoms with van der Waals surface area (Å²) in [6.07, 6.45) is 3.35. The first-order valence-electron chi connectivity index (χ1n) is 7.86. The van der Waals surface area contributed by atoms with Gasteiger partial charge in [-0.1, -0.05) is 12.1 Å². The summed E-state index contributed by atoms with van der Waals surface area (Å²) < 4.78 is 15.4. The van der Waals surface area contributed by atoms with Crippen LogP contribution in [-0.4, -0.2) is 27.8 Å². The van der Waals surface area contributed by atoms with Crippen LogP contribution in [0.15, 0.2) is 29.3 Å². The molecule has 6 nitrogen and oxygen atoms in total. The van der Waals surface area contributed by atoms with E-state index in [4.69, 9.17) is 0 Å². The van der Waals surface area contributed by atoms with Gasteiger partial charge in [0.25, 0.3) is 0 Å². The molecule has 0 bridgehead atoms. The zero-order valence-electron chi connectivity index (χ0n) is 13.2. The van der Waals surface area contributed by atoms with Crippen molar-refractivity contribution >= 4 is 5.96 Å². The number of aliphatic imine (C=N–C) groups is 1. The molecule has 23 heavy (non-hydrogen) atoms. The van der Waals surface area contributed by atoms with Gasteiger partial charge in [-0.25, -0.2) is 4.39 Å². The SMILES string of the molecule is CN=C(NCc1cccc(F)c1)NCc1nnc2n1CCCC2.